The van der Waals surface area contributed by atoms with Crippen molar-refractivity contribution in [2.45, 2.75) is 6.42 Å². The van der Waals surface area contributed by atoms with Gasteiger partial charge in [-0.15, -0.1) is 6.58 Å². The predicted octanol–water partition coefficient (Wildman–Crippen LogP) is 3.98. The molecular formula is C16H15N. The average Bonchev–Trinajstić information content (AvgIpc) is 2.39. The molecule has 0 aliphatic carbocycles. The first kappa shape index (κ1) is 11.3. The van der Waals surface area contributed by atoms with Gasteiger partial charge in [0.15, 0.2) is 0 Å². The molecule has 0 bridgehead atoms. The van der Waals surface area contributed by atoms with Gasteiger partial charge in [-0.2, -0.15) is 0 Å². The van der Waals surface area contributed by atoms with Gasteiger partial charge in [0.2, 0.25) is 0 Å². The predicted molar refractivity (Wildman–Crippen MR) is 73.5 cm³/mol. The molecule has 0 atom stereocenters. The van der Waals surface area contributed by atoms with Crippen molar-refractivity contribution >= 4 is 12.2 Å². The van der Waals surface area contributed by atoms with Gasteiger partial charge in [0.25, 0.3) is 0 Å². The van der Waals surface area contributed by atoms with Crippen LogP contribution in [-0.2, 0) is 6.42 Å². The van der Waals surface area contributed by atoms with E-state index in [1.807, 2.05) is 42.6 Å². The molecule has 1 aromatic heterocycles. The number of nitrogens with zero attached hydrogens (tertiary/aromatic N) is 1. The van der Waals surface area contributed by atoms with E-state index >= 15 is 0 Å². The number of hydrogen-bond acceptors (Lipinski definition) is 1. The lowest BCUT2D eigenvalue weighted by Gasteiger charge is -2.01. The first-order chi connectivity index (χ1) is 8.40. The third-order valence-corrected chi connectivity index (χ3v) is 2.52. The molecule has 0 aliphatic heterocycles. The van der Waals surface area contributed by atoms with Crippen LogP contribution in [0.1, 0.15) is 16.8 Å². The number of benzene rings is 1. The molecule has 0 aliphatic rings. The van der Waals surface area contributed by atoms with E-state index in [2.05, 4.69) is 35.8 Å². The molecule has 1 heterocycles. The van der Waals surface area contributed by atoms with Crippen LogP contribution in [-0.4, -0.2) is 4.98 Å². The summed E-state index contributed by atoms with van der Waals surface area (Å²) in [6.45, 7) is 3.76. The van der Waals surface area contributed by atoms with Crippen molar-refractivity contribution in [3.63, 3.8) is 0 Å². The van der Waals surface area contributed by atoms with Crippen LogP contribution in [0.4, 0.5) is 0 Å². The van der Waals surface area contributed by atoms with Crippen LogP contribution in [0.25, 0.3) is 12.2 Å². The smallest absolute Gasteiger partial charge is 0.0664 e. The van der Waals surface area contributed by atoms with Crippen LogP contribution in [0, 0.1) is 0 Å². The van der Waals surface area contributed by atoms with E-state index in [4.69, 9.17) is 0 Å². The summed E-state index contributed by atoms with van der Waals surface area (Å²) in [4.78, 5) is 4.38. The Kier molecular flexibility index (Phi) is 3.87. The molecule has 1 nitrogen and oxygen atoms in total. The van der Waals surface area contributed by atoms with E-state index in [9.17, 15) is 0 Å². The summed E-state index contributed by atoms with van der Waals surface area (Å²) in [5.74, 6) is 0. The van der Waals surface area contributed by atoms with Gasteiger partial charge in [-0.25, -0.2) is 0 Å². The molecule has 84 valence electrons. The minimum Gasteiger partial charge on any atom is -0.257 e. The van der Waals surface area contributed by atoms with Crippen molar-refractivity contribution in [2.24, 2.45) is 0 Å². The van der Waals surface area contributed by atoms with Crippen molar-refractivity contribution in [2.75, 3.05) is 0 Å². The van der Waals surface area contributed by atoms with Gasteiger partial charge < -0.3 is 0 Å². The van der Waals surface area contributed by atoms with E-state index in [1.54, 1.807) is 0 Å². The SMILES string of the molecule is C=CCc1cccnc1C=Cc1ccccc1. The molecule has 0 saturated heterocycles. The highest BCUT2D eigenvalue weighted by atomic mass is 14.7. The molecule has 2 rings (SSSR count). The maximum atomic E-state index is 4.38. The van der Waals surface area contributed by atoms with Gasteiger partial charge in [-0.05, 0) is 29.7 Å². The number of rotatable bonds is 4. The minimum absolute atomic E-state index is 0.850. The zero-order valence-electron chi connectivity index (χ0n) is 9.71. The fraction of sp³-hybridized carbons (Fsp3) is 0.0625. The zero-order chi connectivity index (χ0) is 11.9. The second-order valence-electron chi connectivity index (χ2n) is 3.78. The Morgan fingerprint density at radius 2 is 1.82 bits per heavy atom. The molecule has 1 aromatic carbocycles. The van der Waals surface area contributed by atoms with Crippen molar-refractivity contribution in [1.29, 1.82) is 0 Å². The molecule has 0 N–H and O–H groups in total. The van der Waals surface area contributed by atoms with Crippen LogP contribution in [0.2, 0.25) is 0 Å². The molecule has 0 fully saturated rings. The van der Waals surface area contributed by atoms with Crippen molar-refractivity contribution in [3.8, 4) is 0 Å². The quantitative estimate of drug-likeness (QED) is 0.712. The molecule has 0 saturated carbocycles. The van der Waals surface area contributed by atoms with Crippen molar-refractivity contribution in [1.82, 2.24) is 4.98 Å². The van der Waals surface area contributed by atoms with Crippen LogP contribution in [0.5, 0.6) is 0 Å². The highest BCUT2D eigenvalue weighted by Crippen LogP contribution is 2.11. The summed E-state index contributed by atoms with van der Waals surface area (Å²) in [5, 5.41) is 0. The van der Waals surface area contributed by atoms with Crippen molar-refractivity contribution < 1.29 is 0 Å². The molecule has 0 spiro atoms. The number of pyridine rings is 1. The first-order valence-electron chi connectivity index (χ1n) is 5.68. The third-order valence-electron chi connectivity index (χ3n) is 2.52. The second kappa shape index (κ2) is 5.80. The highest BCUT2D eigenvalue weighted by molar-refractivity contribution is 5.69. The summed E-state index contributed by atoms with van der Waals surface area (Å²) in [7, 11) is 0. The van der Waals surface area contributed by atoms with E-state index < -0.39 is 0 Å². The number of hydrogen-bond donors (Lipinski definition) is 0. The Labute approximate surface area is 102 Å². The summed E-state index contributed by atoms with van der Waals surface area (Å²) in [6, 6.07) is 14.3. The summed E-state index contributed by atoms with van der Waals surface area (Å²) in [6.07, 6.45) is 8.69. The lowest BCUT2D eigenvalue weighted by atomic mass is 10.1. The normalized spacial score (nSPS) is 10.6. The number of aromatic nitrogens is 1. The first-order valence-corrected chi connectivity index (χ1v) is 5.68. The average molecular weight is 221 g/mol. The third kappa shape index (κ3) is 3.15. The lowest BCUT2D eigenvalue weighted by Crippen LogP contribution is -1.89. The Bertz CT molecular complexity index is 512. The van der Waals surface area contributed by atoms with E-state index in [1.165, 1.54) is 11.1 Å². The van der Waals surface area contributed by atoms with Gasteiger partial charge in [0.05, 0.1) is 5.69 Å². The Morgan fingerprint density at radius 3 is 2.59 bits per heavy atom. The highest BCUT2D eigenvalue weighted by Gasteiger charge is 1.97. The summed E-state index contributed by atoms with van der Waals surface area (Å²) >= 11 is 0. The lowest BCUT2D eigenvalue weighted by molar-refractivity contribution is 1.17. The van der Waals surface area contributed by atoms with Crippen LogP contribution in [0.15, 0.2) is 61.3 Å². The minimum atomic E-state index is 0.850. The summed E-state index contributed by atoms with van der Waals surface area (Å²) in [5.41, 5.74) is 3.40. The van der Waals surface area contributed by atoms with Crippen LogP contribution < -0.4 is 0 Å². The molecule has 0 radical (unpaired) electrons. The Hall–Kier alpha value is -2.15. The maximum Gasteiger partial charge on any atom is 0.0664 e. The molecule has 17 heavy (non-hydrogen) atoms. The Balaban J connectivity index is 2.24. The van der Waals surface area contributed by atoms with E-state index in [0.717, 1.165) is 12.1 Å². The van der Waals surface area contributed by atoms with Gasteiger partial charge in [-0.3, -0.25) is 4.98 Å². The van der Waals surface area contributed by atoms with Gasteiger partial charge >= 0.3 is 0 Å². The van der Waals surface area contributed by atoms with Crippen molar-refractivity contribution in [3.05, 3.63) is 78.1 Å². The van der Waals surface area contributed by atoms with Gasteiger partial charge in [0.1, 0.15) is 0 Å². The van der Waals surface area contributed by atoms with Crippen LogP contribution >= 0.6 is 0 Å². The Morgan fingerprint density at radius 1 is 1.00 bits per heavy atom. The standard InChI is InChI=1S/C16H15N/c1-2-7-15-10-6-13-17-16(15)12-11-14-8-4-3-5-9-14/h2-6,8-13H,1,7H2. The fourth-order valence-electron chi connectivity index (χ4n) is 1.67. The summed E-state index contributed by atoms with van der Waals surface area (Å²) < 4.78 is 0. The topological polar surface area (TPSA) is 12.9 Å². The van der Waals surface area contributed by atoms with Crippen LogP contribution in [0.3, 0.4) is 0 Å². The molecule has 1 heteroatoms. The monoisotopic (exact) mass is 221 g/mol. The number of allylic oxidation sites excluding steroid dienone is 1. The maximum absolute atomic E-state index is 4.38. The zero-order valence-corrected chi connectivity index (χ0v) is 9.71. The van der Waals surface area contributed by atoms with E-state index in [0.29, 0.717) is 0 Å². The molecular weight excluding hydrogens is 206 g/mol. The van der Waals surface area contributed by atoms with Gasteiger partial charge in [0, 0.05) is 6.20 Å². The van der Waals surface area contributed by atoms with E-state index in [-0.39, 0.29) is 0 Å². The molecule has 2 aromatic rings. The molecule has 0 amide bonds. The van der Waals surface area contributed by atoms with Gasteiger partial charge in [-0.1, -0.05) is 48.6 Å². The second-order valence-corrected chi connectivity index (χ2v) is 3.78. The molecule has 0 unspecified atom stereocenters. The fourth-order valence-corrected chi connectivity index (χ4v) is 1.67. The largest absolute Gasteiger partial charge is 0.257 e.